The third-order valence-electron chi connectivity index (χ3n) is 3.05. The normalized spacial score (nSPS) is 12.7. The van der Waals surface area contributed by atoms with E-state index in [4.69, 9.17) is 5.84 Å². The second kappa shape index (κ2) is 5.61. The Hall–Kier alpha value is -1.23. The van der Waals surface area contributed by atoms with Crippen molar-refractivity contribution in [3.05, 3.63) is 57.0 Å². The summed E-state index contributed by atoms with van der Waals surface area (Å²) in [5.41, 5.74) is 5.58. The highest BCUT2D eigenvalue weighted by Gasteiger charge is 2.20. The van der Waals surface area contributed by atoms with Crippen LogP contribution in [0.2, 0.25) is 0 Å². The number of nitrogens with one attached hydrogen (secondary N) is 1. The van der Waals surface area contributed by atoms with Crippen molar-refractivity contribution in [1.29, 1.82) is 0 Å². The first-order chi connectivity index (χ1) is 8.67. The van der Waals surface area contributed by atoms with Crippen LogP contribution >= 0.6 is 11.3 Å². The molecule has 0 spiro atoms. The maximum absolute atomic E-state index is 13.9. The Kier molecular flexibility index (Phi) is 4.11. The van der Waals surface area contributed by atoms with Gasteiger partial charge in [0.1, 0.15) is 5.82 Å². The molecule has 0 bridgehead atoms. The van der Waals surface area contributed by atoms with Crippen LogP contribution < -0.4 is 11.3 Å². The average molecular weight is 264 g/mol. The van der Waals surface area contributed by atoms with Gasteiger partial charge in [-0.3, -0.25) is 5.84 Å². The minimum Gasteiger partial charge on any atom is -0.271 e. The predicted molar refractivity (Wildman–Crippen MR) is 74.0 cm³/mol. The van der Waals surface area contributed by atoms with E-state index in [1.165, 1.54) is 11.6 Å². The second-order valence-corrected chi connectivity index (χ2v) is 5.24. The standard InChI is InChI=1S/C14H17FN2S/c1-3-10-6-7-18-14(10)13(17-16)11-8-9(2)4-5-12(11)15/h4-8,13,17H,3,16H2,1-2H3. The third-order valence-corrected chi connectivity index (χ3v) is 4.08. The molecular weight excluding hydrogens is 247 g/mol. The van der Waals surface area contributed by atoms with Gasteiger partial charge in [-0.15, -0.1) is 11.3 Å². The summed E-state index contributed by atoms with van der Waals surface area (Å²) >= 11 is 1.61. The summed E-state index contributed by atoms with van der Waals surface area (Å²) < 4.78 is 13.9. The van der Waals surface area contributed by atoms with Gasteiger partial charge in [0.2, 0.25) is 0 Å². The van der Waals surface area contributed by atoms with Crippen LogP contribution in [0.1, 0.15) is 34.5 Å². The van der Waals surface area contributed by atoms with Crippen LogP contribution in [0.4, 0.5) is 4.39 Å². The van der Waals surface area contributed by atoms with Crippen LogP contribution in [0.15, 0.2) is 29.6 Å². The molecule has 0 aliphatic carbocycles. The van der Waals surface area contributed by atoms with Crippen LogP contribution in [0.25, 0.3) is 0 Å². The van der Waals surface area contributed by atoms with Crippen molar-refractivity contribution in [1.82, 2.24) is 5.43 Å². The van der Waals surface area contributed by atoms with Gasteiger partial charge in [0.05, 0.1) is 6.04 Å². The smallest absolute Gasteiger partial charge is 0.128 e. The summed E-state index contributed by atoms with van der Waals surface area (Å²) in [6.07, 6.45) is 0.921. The minimum absolute atomic E-state index is 0.223. The molecule has 2 aromatic rings. The molecule has 4 heteroatoms. The van der Waals surface area contributed by atoms with Crippen molar-refractivity contribution in [3.8, 4) is 0 Å². The van der Waals surface area contributed by atoms with Crippen molar-refractivity contribution < 1.29 is 4.39 Å². The van der Waals surface area contributed by atoms with Crippen LogP contribution in [-0.2, 0) is 6.42 Å². The van der Waals surface area contributed by atoms with Gasteiger partial charge in [0.25, 0.3) is 0 Å². The minimum atomic E-state index is -0.278. The largest absolute Gasteiger partial charge is 0.271 e. The predicted octanol–water partition coefficient (Wildman–Crippen LogP) is 3.31. The fraction of sp³-hybridized carbons (Fsp3) is 0.286. The molecule has 0 fully saturated rings. The Morgan fingerprint density at radius 3 is 2.83 bits per heavy atom. The highest BCUT2D eigenvalue weighted by molar-refractivity contribution is 7.10. The van der Waals surface area contributed by atoms with Crippen LogP contribution in [0, 0.1) is 12.7 Å². The van der Waals surface area contributed by atoms with Gasteiger partial charge in [-0.25, -0.2) is 9.82 Å². The lowest BCUT2D eigenvalue weighted by atomic mass is 10.00. The quantitative estimate of drug-likeness (QED) is 0.657. The number of hydrogen-bond donors (Lipinski definition) is 2. The van der Waals surface area contributed by atoms with Crippen molar-refractivity contribution in [3.63, 3.8) is 0 Å². The van der Waals surface area contributed by atoms with E-state index >= 15 is 0 Å². The maximum atomic E-state index is 13.9. The Morgan fingerprint density at radius 1 is 1.39 bits per heavy atom. The van der Waals surface area contributed by atoms with Gasteiger partial charge in [-0.1, -0.05) is 24.6 Å². The second-order valence-electron chi connectivity index (χ2n) is 4.29. The summed E-state index contributed by atoms with van der Waals surface area (Å²) in [6, 6.07) is 6.90. The number of nitrogens with two attached hydrogens (primary N) is 1. The Labute approximate surface area is 111 Å². The lowest BCUT2D eigenvalue weighted by Crippen LogP contribution is -2.29. The summed E-state index contributed by atoms with van der Waals surface area (Å²) in [4.78, 5) is 1.09. The number of halogens is 1. The highest BCUT2D eigenvalue weighted by atomic mass is 32.1. The van der Waals surface area contributed by atoms with Gasteiger partial charge < -0.3 is 0 Å². The number of rotatable bonds is 4. The van der Waals surface area contributed by atoms with Gasteiger partial charge in [0, 0.05) is 10.4 Å². The molecule has 18 heavy (non-hydrogen) atoms. The van der Waals surface area contributed by atoms with Crippen molar-refractivity contribution >= 4 is 11.3 Å². The van der Waals surface area contributed by atoms with E-state index < -0.39 is 0 Å². The zero-order valence-corrected chi connectivity index (χ0v) is 11.4. The number of thiophene rings is 1. The van der Waals surface area contributed by atoms with E-state index in [0.29, 0.717) is 5.56 Å². The van der Waals surface area contributed by atoms with E-state index in [-0.39, 0.29) is 11.9 Å². The first kappa shape index (κ1) is 13.2. The molecule has 1 unspecified atom stereocenters. The zero-order chi connectivity index (χ0) is 13.1. The Morgan fingerprint density at radius 2 is 2.17 bits per heavy atom. The summed E-state index contributed by atoms with van der Waals surface area (Å²) in [5, 5.41) is 2.02. The molecule has 3 N–H and O–H groups in total. The number of benzene rings is 1. The number of hydrogen-bond acceptors (Lipinski definition) is 3. The van der Waals surface area contributed by atoms with Crippen LogP contribution in [0.5, 0.6) is 0 Å². The zero-order valence-electron chi connectivity index (χ0n) is 10.5. The fourth-order valence-corrected chi connectivity index (χ4v) is 3.16. The molecule has 0 amide bonds. The molecule has 0 aliphatic rings. The molecule has 2 nitrogen and oxygen atoms in total. The Balaban J connectivity index is 2.48. The van der Waals surface area contributed by atoms with Crippen molar-refractivity contribution in [2.45, 2.75) is 26.3 Å². The SMILES string of the molecule is CCc1ccsc1C(NN)c1cc(C)ccc1F. The highest BCUT2D eigenvalue weighted by Crippen LogP contribution is 2.31. The molecule has 0 aliphatic heterocycles. The molecule has 96 valence electrons. The molecule has 0 saturated heterocycles. The van der Waals surface area contributed by atoms with E-state index in [1.807, 2.05) is 18.4 Å². The van der Waals surface area contributed by atoms with Crippen molar-refractivity contribution in [2.24, 2.45) is 5.84 Å². The Bertz CT molecular complexity index is 536. The van der Waals surface area contributed by atoms with E-state index in [1.54, 1.807) is 17.4 Å². The molecule has 1 aromatic heterocycles. The van der Waals surface area contributed by atoms with Gasteiger partial charge in [-0.05, 0) is 36.4 Å². The molecule has 0 radical (unpaired) electrons. The molecule has 2 rings (SSSR count). The molecule has 1 atom stereocenters. The topological polar surface area (TPSA) is 38.0 Å². The molecule has 1 aromatic carbocycles. The first-order valence-corrected chi connectivity index (χ1v) is 6.83. The summed E-state index contributed by atoms with van der Waals surface area (Å²) in [5.74, 6) is 5.41. The lowest BCUT2D eigenvalue weighted by Gasteiger charge is -2.18. The molecule has 1 heterocycles. The molecule has 0 saturated carbocycles. The summed E-state index contributed by atoms with van der Waals surface area (Å²) in [6.45, 7) is 4.04. The lowest BCUT2D eigenvalue weighted by molar-refractivity contribution is 0.562. The van der Waals surface area contributed by atoms with E-state index in [0.717, 1.165) is 16.9 Å². The van der Waals surface area contributed by atoms with Crippen LogP contribution in [-0.4, -0.2) is 0 Å². The van der Waals surface area contributed by atoms with Crippen molar-refractivity contribution in [2.75, 3.05) is 0 Å². The first-order valence-electron chi connectivity index (χ1n) is 5.95. The van der Waals surface area contributed by atoms with Gasteiger partial charge >= 0.3 is 0 Å². The van der Waals surface area contributed by atoms with Crippen LogP contribution in [0.3, 0.4) is 0 Å². The third kappa shape index (κ3) is 2.46. The average Bonchev–Trinajstić information content (AvgIpc) is 2.83. The number of hydrazine groups is 1. The fourth-order valence-electron chi connectivity index (χ4n) is 2.08. The van der Waals surface area contributed by atoms with Gasteiger partial charge in [0.15, 0.2) is 0 Å². The summed E-state index contributed by atoms with van der Waals surface area (Å²) in [7, 11) is 0. The van der Waals surface area contributed by atoms with Gasteiger partial charge in [-0.2, -0.15) is 0 Å². The van der Waals surface area contributed by atoms with E-state index in [9.17, 15) is 4.39 Å². The maximum Gasteiger partial charge on any atom is 0.128 e. The van der Waals surface area contributed by atoms with E-state index in [2.05, 4.69) is 18.4 Å². The number of aryl methyl sites for hydroxylation is 2. The molecular formula is C14H17FN2S. The monoisotopic (exact) mass is 264 g/mol.